The number of pyridine rings is 1. The monoisotopic (exact) mass is 412 g/mol. The minimum Gasteiger partial charge on any atom is -0.346 e. The standard InChI is InChI=1S/C19H20N6OS2/c1-27-11-7-15(18-23-22-16-6-2-3-10-25(16)18)21-17(26)12-14-13-28-19(20-14)24-8-4-5-9-24/h2-6,8-10,13,15H,7,11-12H2,1H3,(H,21,26)/t15-/m1/s1. The Labute approximate surface area is 170 Å². The van der Waals surface area contributed by atoms with Gasteiger partial charge in [0.1, 0.15) is 0 Å². The molecule has 9 heteroatoms. The molecule has 4 heterocycles. The number of thiazole rings is 1. The molecule has 4 aromatic rings. The summed E-state index contributed by atoms with van der Waals surface area (Å²) < 4.78 is 3.87. The van der Waals surface area contributed by atoms with Crippen molar-refractivity contribution in [3.8, 4) is 5.13 Å². The summed E-state index contributed by atoms with van der Waals surface area (Å²) in [6, 6.07) is 9.47. The SMILES string of the molecule is CSCC[C@@H](NC(=O)Cc1csc(-n2cccc2)n1)c1nnc2ccccn12. The molecule has 1 N–H and O–H groups in total. The Hall–Kier alpha value is -2.65. The average molecular weight is 413 g/mol. The van der Waals surface area contributed by atoms with Gasteiger partial charge < -0.3 is 9.88 Å². The van der Waals surface area contributed by atoms with Crippen LogP contribution in [0.1, 0.15) is 24.0 Å². The third-order valence-corrected chi connectivity index (χ3v) is 5.85. The smallest absolute Gasteiger partial charge is 0.226 e. The number of nitrogens with one attached hydrogen (secondary N) is 1. The van der Waals surface area contributed by atoms with Gasteiger partial charge in [0.2, 0.25) is 5.91 Å². The van der Waals surface area contributed by atoms with E-state index in [1.807, 2.05) is 63.3 Å². The van der Waals surface area contributed by atoms with E-state index in [-0.39, 0.29) is 18.4 Å². The maximum absolute atomic E-state index is 12.7. The quantitative estimate of drug-likeness (QED) is 0.481. The van der Waals surface area contributed by atoms with E-state index in [4.69, 9.17) is 0 Å². The van der Waals surface area contributed by atoms with Gasteiger partial charge in [-0.2, -0.15) is 11.8 Å². The van der Waals surface area contributed by atoms with Crippen molar-refractivity contribution in [2.75, 3.05) is 12.0 Å². The van der Waals surface area contributed by atoms with Crippen LogP contribution in [0.4, 0.5) is 0 Å². The average Bonchev–Trinajstić information content (AvgIpc) is 3.44. The lowest BCUT2D eigenvalue weighted by molar-refractivity contribution is -0.121. The third-order valence-electron chi connectivity index (χ3n) is 4.30. The lowest BCUT2D eigenvalue weighted by atomic mass is 10.2. The van der Waals surface area contributed by atoms with Gasteiger partial charge in [0.05, 0.1) is 18.2 Å². The molecule has 0 aromatic carbocycles. The van der Waals surface area contributed by atoms with Crippen molar-refractivity contribution >= 4 is 34.7 Å². The van der Waals surface area contributed by atoms with Crippen LogP contribution in [-0.4, -0.2) is 42.1 Å². The third kappa shape index (κ3) is 4.10. The Bertz CT molecular complexity index is 1060. The Morgan fingerprint density at radius 2 is 2.04 bits per heavy atom. The predicted molar refractivity (Wildman–Crippen MR) is 112 cm³/mol. The van der Waals surface area contributed by atoms with Crippen molar-refractivity contribution in [2.24, 2.45) is 0 Å². The zero-order valence-electron chi connectivity index (χ0n) is 15.4. The first-order valence-electron chi connectivity index (χ1n) is 8.90. The topological polar surface area (TPSA) is 77.1 Å². The van der Waals surface area contributed by atoms with E-state index in [2.05, 4.69) is 26.8 Å². The van der Waals surface area contributed by atoms with Crippen molar-refractivity contribution in [3.05, 3.63) is 65.8 Å². The van der Waals surface area contributed by atoms with Crippen LogP contribution in [0.25, 0.3) is 10.8 Å². The Balaban J connectivity index is 1.48. The summed E-state index contributed by atoms with van der Waals surface area (Å²) in [4.78, 5) is 17.3. The zero-order valence-corrected chi connectivity index (χ0v) is 17.0. The van der Waals surface area contributed by atoms with Gasteiger partial charge in [0.15, 0.2) is 16.6 Å². The number of carbonyl (C=O) groups excluding carboxylic acids is 1. The molecule has 4 rings (SSSR count). The molecule has 0 unspecified atom stereocenters. The Morgan fingerprint density at radius 1 is 1.21 bits per heavy atom. The molecular weight excluding hydrogens is 392 g/mol. The number of thioether (sulfide) groups is 1. The zero-order chi connectivity index (χ0) is 19.3. The fourth-order valence-corrected chi connectivity index (χ4v) is 4.23. The van der Waals surface area contributed by atoms with Crippen LogP contribution in [-0.2, 0) is 11.2 Å². The van der Waals surface area contributed by atoms with E-state index in [0.717, 1.165) is 34.5 Å². The number of carbonyl (C=O) groups is 1. The van der Waals surface area contributed by atoms with E-state index < -0.39 is 0 Å². The van der Waals surface area contributed by atoms with E-state index in [1.165, 1.54) is 11.3 Å². The summed E-state index contributed by atoms with van der Waals surface area (Å²) in [5.74, 6) is 1.61. The van der Waals surface area contributed by atoms with Crippen molar-refractivity contribution in [1.82, 2.24) is 29.5 Å². The fourth-order valence-electron chi connectivity index (χ4n) is 2.97. The highest BCUT2D eigenvalue weighted by Gasteiger charge is 2.20. The first kappa shape index (κ1) is 18.7. The van der Waals surface area contributed by atoms with Crippen LogP contribution < -0.4 is 5.32 Å². The lowest BCUT2D eigenvalue weighted by Crippen LogP contribution is -2.31. The van der Waals surface area contributed by atoms with E-state index in [1.54, 1.807) is 11.8 Å². The minimum atomic E-state index is -0.195. The summed E-state index contributed by atoms with van der Waals surface area (Å²) in [5.41, 5.74) is 1.54. The molecule has 28 heavy (non-hydrogen) atoms. The van der Waals surface area contributed by atoms with Crippen molar-refractivity contribution in [1.29, 1.82) is 0 Å². The molecule has 0 aliphatic rings. The van der Waals surface area contributed by atoms with Gasteiger partial charge >= 0.3 is 0 Å². The number of amides is 1. The highest BCUT2D eigenvalue weighted by molar-refractivity contribution is 7.98. The molecule has 0 spiro atoms. The van der Waals surface area contributed by atoms with Crippen LogP contribution in [0.15, 0.2) is 54.3 Å². The summed E-state index contributed by atoms with van der Waals surface area (Å²) in [6.07, 6.45) is 8.89. The second-order valence-corrected chi connectivity index (χ2v) is 8.10. The fraction of sp³-hybridized carbons (Fsp3) is 0.263. The van der Waals surface area contributed by atoms with Crippen LogP contribution in [0, 0.1) is 0 Å². The number of hydrogen-bond donors (Lipinski definition) is 1. The number of aromatic nitrogens is 5. The molecule has 1 atom stereocenters. The Kier molecular flexibility index (Phi) is 5.73. The minimum absolute atomic E-state index is 0.0665. The van der Waals surface area contributed by atoms with Crippen LogP contribution >= 0.6 is 23.1 Å². The van der Waals surface area contributed by atoms with Crippen LogP contribution in [0.3, 0.4) is 0 Å². The predicted octanol–water partition coefficient (Wildman–Crippen LogP) is 3.13. The first-order chi connectivity index (χ1) is 13.7. The number of nitrogens with zero attached hydrogens (tertiary/aromatic N) is 5. The van der Waals surface area contributed by atoms with Crippen LogP contribution in [0.5, 0.6) is 0 Å². The molecule has 4 aromatic heterocycles. The summed E-state index contributed by atoms with van der Waals surface area (Å²) in [7, 11) is 0. The summed E-state index contributed by atoms with van der Waals surface area (Å²) in [5, 5.41) is 14.4. The summed E-state index contributed by atoms with van der Waals surface area (Å²) in [6.45, 7) is 0. The molecular formula is C19H20N6OS2. The van der Waals surface area contributed by atoms with Gasteiger partial charge in [-0.15, -0.1) is 21.5 Å². The molecule has 0 saturated heterocycles. The molecule has 144 valence electrons. The lowest BCUT2D eigenvalue weighted by Gasteiger charge is -2.16. The molecule has 0 aliphatic heterocycles. The molecule has 0 radical (unpaired) electrons. The molecule has 0 saturated carbocycles. The summed E-state index contributed by atoms with van der Waals surface area (Å²) >= 11 is 3.27. The van der Waals surface area contributed by atoms with E-state index in [9.17, 15) is 4.79 Å². The molecule has 0 fully saturated rings. The van der Waals surface area contributed by atoms with Crippen LogP contribution in [0.2, 0.25) is 0 Å². The van der Waals surface area contributed by atoms with Gasteiger partial charge in [0, 0.05) is 24.0 Å². The van der Waals surface area contributed by atoms with Gasteiger partial charge in [0.25, 0.3) is 0 Å². The molecule has 1 amide bonds. The second kappa shape index (κ2) is 8.57. The maximum atomic E-state index is 12.7. The van der Waals surface area contributed by atoms with Gasteiger partial charge in [-0.3, -0.25) is 9.20 Å². The normalized spacial score (nSPS) is 12.3. The number of rotatable bonds is 8. The highest BCUT2D eigenvalue weighted by Crippen LogP contribution is 2.19. The van der Waals surface area contributed by atoms with Crippen molar-refractivity contribution in [2.45, 2.75) is 18.9 Å². The number of fused-ring (bicyclic) bond motifs is 1. The van der Waals surface area contributed by atoms with Crippen molar-refractivity contribution in [3.63, 3.8) is 0 Å². The first-order valence-corrected chi connectivity index (χ1v) is 11.2. The second-order valence-electron chi connectivity index (χ2n) is 6.28. The molecule has 7 nitrogen and oxygen atoms in total. The maximum Gasteiger partial charge on any atom is 0.226 e. The Morgan fingerprint density at radius 3 is 2.86 bits per heavy atom. The number of hydrogen-bond acceptors (Lipinski definition) is 6. The van der Waals surface area contributed by atoms with Gasteiger partial charge in [-0.05, 0) is 42.7 Å². The largest absolute Gasteiger partial charge is 0.346 e. The van der Waals surface area contributed by atoms with E-state index >= 15 is 0 Å². The van der Waals surface area contributed by atoms with Gasteiger partial charge in [-0.1, -0.05) is 6.07 Å². The van der Waals surface area contributed by atoms with Gasteiger partial charge in [-0.25, -0.2) is 4.98 Å². The van der Waals surface area contributed by atoms with Crippen molar-refractivity contribution < 1.29 is 4.79 Å². The highest BCUT2D eigenvalue weighted by atomic mass is 32.2. The van der Waals surface area contributed by atoms with E-state index in [0.29, 0.717) is 0 Å². The molecule has 0 bridgehead atoms. The molecule has 0 aliphatic carbocycles.